The number of carbonyl (C=O) groups is 2. The van der Waals surface area contributed by atoms with E-state index in [1.165, 1.54) is 12.4 Å². The van der Waals surface area contributed by atoms with E-state index >= 15 is 0 Å². The fraction of sp³-hybridized carbons (Fsp3) is 0.385. The monoisotopic (exact) mass is 310 g/mol. The van der Waals surface area contributed by atoms with Crippen LogP contribution in [0.2, 0.25) is 0 Å². The van der Waals surface area contributed by atoms with Crippen molar-refractivity contribution in [3.8, 4) is 5.88 Å². The molecule has 0 fully saturated rings. The van der Waals surface area contributed by atoms with E-state index in [0.29, 0.717) is 4.68 Å². The second-order valence-corrected chi connectivity index (χ2v) is 5.35. The summed E-state index contributed by atoms with van der Waals surface area (Å²) in [6, 6.07) is 0. The van der Waals surface area contributed by atoms with Crippen molar-refractivity contribution in [2.24, 2.45) is 6.98 Å². The number of imide groups is 1. The molecule has 0 spiro atoms. The van der Waals surface area contributed by atoms with E-state index in [4.69, 9.17) is 19.3 Å². The number of hydrogen-bond acceptors (Lipinski definition) is 7. The molecule has 0 radical (unpaired) electrons. The smallest absolute Gasteiger partial charge is 0.423 e. The number of nitrogens with zero attached hydrogens (tertiary/aromatic N) is 3. The molecular formula is C13H17N5O4. The highest BCUT2D eigenvalue weighted by Crippen LogP contribution is 2.26. The van der Waals surface area contributed by atoms with Gasteiger partial charge in [0.2, 0.25) is 0 Å². The summed E-state index contributed by atoms with van der Waals surface area (Å²) < 4.78 is 32.9. The van der Waals surface area contributed by atoms with Gasteiger partial charge in [0.1, 0.15) is 11.1 Å². The summed E-state index contributed by atoms with van der Waals surface area (Å²) in [5.74, 6) is -0.362. The summed E-state index contributed by atoms with van der Waals surface area (Å²) >= 11 is 0. The van der Waals surface area contributed by atoms with Crippen molar-refractivity contribution in [3.05, 3.63) is 12.4 Å². The number of hydrogen-bond donors (Lipinski definition) is 2. The molecule has 0 aliphatic carbocycles. The van der Waals surface area contributed by atoms with Crippen LogP contribution < -0.4 is 15.8 Å². The fourth-order valence-corrected chi connectivity index (χ4v) is 1.60. The number of pyridine rings is 1. The van der Waals surface area contributed by atoms with E-state index in [1.54, 1.807) is 20.8 Å². The number of fused-ring (bicyclic) bond motifs is 1. The highest BCUT2D eigenvalue weighted by Gasteiger charge is 2.20. The Kier molecular flexibility index (Phi) is 2.95. The largest absolute Gasteiger partial charge is 0.443 e. The molecule has 0 aliphatic rings. The lowest BCUT2D eigenvalue weighted by Gasteiger charge is -2.19. The normalized spacial score (nSPS) is 13.9. The van der Waals surface area contributed by atoms with Crippen molar-refractivity contribution in [2.45, 2.75) is 26.4 Å². The number of nitrogens with two attached hydrogens (primary N) is 1. The zero-order chi connectivity index (χ0) is 19.0. The first kappa shape index (κ1) is 11.8. The van der Waals surface area contributed by atoms with Gasteiger partial charge < -0.3 is 15.2 Å². The zero-order valence-electron chi connectivity index (χ0n) is 15.2. The number of ether oxygens (including phenoxy) is 2. The van der Waals surface area contributed by atoms with Gasteiger partial charge in [-0.25, -0.2) is 19.9 Å². The van der Waals surface area contributed by atoms with E-state index < -0.39 is 24.8 Å². The number of rotatable bonds is 1. The number of nitrogen functional groups attached to an aromatic ring is 1. The molecule has 0 saturated heterocycles. The van der Waals surface area contributed by atoms with Gasteiger partial charge in [-0.1, -0.05) is 0 Å². The van der Waals surface area contributed by atoms with Crippen LogP contribution in [-0.2, 0) is 11.7 Å². The Morgan fingerprint density at radius 3 is 2.73 bits per heavy atom. The minimum atomic E-state index is -2.64. The molecule has 2 amide bonds. The van der Waals surface area contributed by atoms with Crippen molar-refractivity contribution in [3.63, 3.8) is 0 Å². The first-order valence-electron chi connectivity index (χ1n) is 7.73. The number of amides is 2. The number of aromatic nitrogens is 3. The van der Waals surface area contributed by atoms with Crippen molar-refractivity contribution < 1.29 is 23.2 Å². The summed E-state index contributed by atoms with van der Waals surface area (Å²) in [5.41, 5.74) is 4.98. The summed E-state index contributed by atoms with van der Waals surface area (Å²) in [7, 11) is 0. The summed E-state index contributed by atoms with van der Waals surface area (Å²) in [6.45, 7) is 2.23. The van der Waals surface area contributed by atoms with E-state index in [9.17, 15) is 9.59 Å². The van der Waals surface area contributed by atoms with Gasteiger partial charge >= 0.3 is 12.2 Å². The predicted molar refractivity (Wildman–Crippen MR) is 78.3 cm³/mol. The Labute approximate surface area is 130 Å². The highest BCUT2D eigenvalue weighted by atomic mass is 16.6. The van der Waals surface area contributed by atoms with Gasteiger partial charge in [-0.05, 0) is 20.8 Å². The Bertz CT molecular complexity index is 825. The molecular weight excluding hydrogens is 290 g/mol. The van der Waals surface area contributed by atoms with Crippen molar-refractivity contribution in [2.75, 3.05) is 5.73 Å². The lowest BCUT2D eigenvalue weighted by atomic mass is 10.2. The van der Waals surface area contributed by atoms with Gasteiger partial charge in [-0.2, -0.15) is 5.10 Å². The minimum absolute atomic E-state index is 0.0978. The van der Waals surface area contributed by atoms with Gasteiger partial charge in [-0.15, -0.1) is 0 Å². The molecule has 2 rings (SSSR count). The zero-order valence-corrected chi connectivity index (χ0v) is 12.2. The maximum Gasteiger partial charge on any atom is 0.423 e. The third-order valence-electron chi connectivity index (χ3n) is 2.40. The number of alkyl carbamates (subject to hydrolysis) is 1. The first-order valence-corrected chi connectivity index (χ1v) is 6.23. The van der Waals surface area contributed by atoms with Gasteiger partial charge in [-0.3, -0.25) is 4.68 Å². The molecule has 118 valence electrons. The van der Waals surface area contributed by atoms with Gasteiger partial charge in [0.05, 0.1) is 18.1 Å². The van der Waals surface area contributed by atoms with Crippen LogP contribution in [0.15, 0.2) is 12.4 Å². The molecule has 9 heteroatoms. The standard InChI is InChI=1S/C13H17N5O4/c1-13(2,3)22-12(20)17-11(19)21-10-9-7(5-16-18(9)4)8(14)6-15-10/h5-6H,14H2,1-4H3,(H,17,19,20)/i4D3. The average molecular weight is 310 g/mol. The van der Waals surface area contributed by atoms with Crippen LogP contribution in [0.4, 0.5) is 15.3 Å². The summed E-state index contributed by atoms with van der Waals surface area (Å²) in [4.78, 5) is 27.2. The Hall–Kier alpha value is -2.84. The molecule has 22 heavy (non-hydrogen) atoms. The Morgan fingerprint density at radius 1 is 1.36 bits per heavy atom. The van der Waals surface area contributed by atoms with Crippen molar-refractivity contribution >= 4 is 28.8 Å². The lowest BCUT2D eigenvalue weighted by molar-refractivity contribution is 0.0533. The molecule has 9 nitrogen and oxygen atoms in total. The van der Waals surface area contributed by atoms with E-state index in [1.807, 2.05) is 5.32 Å². The maximum absolute atomic E-state index is 11.8. The SMILES string of the molecule is [2H]C([2H])([2H])n1ncc2c(N)cnc(OC(=O)NC(=O)OC(C)(C)C)c21. The minimum Gasteiger partial charge on any atom is -0.443 e. The highest BCUT2D eigenvalue weighted by molar-refractivity contribution is 5.95. The molecule has 0 saturated carbocycles. The first-order chi connectivity index (χ1) is 11.4. The third-order valence-corrected chi connectivity index (χ3v) is 2.40. The van der Waals surface area contributed by atoms with Crippen molar-refractivity contribution in [1.29, 1.82) is 0 Å². The van der Waals surface area contributed by atoms with Crippen LogP contribution in [0.3, 0.4) is 0 Å². The topological polar surface area (TPSA) is 121 Å². The molecule has 3 N–H and O–H groups in total. The van der Waals surface area contributed by atoms with Crippen molar-refractivity contribution in [1.82, 2.24) is 20.1 Å². The van der Waals surface area contributed by atoms with Gasteiger partial charge in [0, 0.05) is 16.5 Å². The maximum atomic E-state index is 11.8. The quantitative estimate of drug-likeness (QED) is 0.819. The summed E-state index contributed by atoms with van der Waals surface area (Å²) in [5, 5.41) is 5.83. The lowest BCUT2D eigenvalue weighted by Crippen LogP contribution is -2.38. The number of anilines is 1. The molecule has 0 unspecified atom stereocenters. The summed E-state index contributed by atoms with van der Waals surface area (Å²) in [6.07, 6.45) is 0.195. The molecule has 0 aliphatic heterocycles. The Balaban J connectivity index is 2.29. The van der Waals surface area contributed by atoms with Crippen LogP contribution in [0.1, 0.15) is 24.9 Å². The second kappa shape index (κ2) is 5.51. The van der Waals surface area contributed by atoms with Crippen LogP contribution in [0.5, 0.6) is 5.88 Å². The number of aryl methyl sites for hydroxylation is 1. The van der Waals surface area contributed by atoms with Crippen LogP contribution in [0.25, 0.3) is 10.9 Å². The molecule has 2 aromatic rings. The second-order valence-electron chi connectivity index (χ2n) is 5.35. The molecule has 0 bridgehead atoms. The third kappa shape index (κ3) is 3.43. The van der Waals surface area contributed by atoms with E-state index in [2.05, 4.69) is 10.1 Å². The van der Waals surface area contributed by atoms with E-state index in [-0.39, 0.29) is 22.5 Å². The average Bonchev–Trinajstić information content (AvgIpc) is 2.85. The van der Waals surface area contributed by atoms with Gasteiger partial charge in [0.15, 0.2) is 0 Å². The predicted octanol–water partition coefficient (Wildman–Crippen LogP) is 1.57. The van der Waals surface area contributed by atoms with Crippen LogP contribution in [-0.4, -0.2) is 32.6 Å². The fourth-order valence-electron chi connectivity index (χ4n) is 1.60. The van der Waals surface area contributed by atoms with Gasteiger partial charge in [0.25, 0.3) is 5.88 Å². The van der Waals surface area contributed by atoms with E-state index in [0.717, 1.165) is 0 Å². The molecule has 0 atom stereocenters. The van der Waals surface area contributed by atoms with Crippen LogP contribution in [0, 0.1) is 0 Å². The van der Waals surface area contributed by atoms with Crippen LogP contribution >= 0.6 is 0 Å². The number of nitrogens with one attached hydrogen (secondary N) is 1. The number of carbonyl (C=O) groups excluding carboxylic acids is 2. The molecule has 2 heterocycles. The molecule has 0 aromatic carbocycles. The Morgan fingerprint density at radius 2 is 2.09 bits per heavy atom. The molecule has 2 aromatic heterocycles.